The number of nitriles is 2. The van der Waals surface area contributed by atoms with Gasteiger partial charge in [-0.25, -0.2) is 4.79 Å². The number of ether oxygens (including phenoxy) is 2. The molecule has 0 radical (unpaired) electrons. The molecule has 4 heterocycles. The van der Waals surface area contributed by atoms with E-state index in [1.54, 1.807) is 6.07 Å². The molecule has 0 bridgehead atoms. The molecule has 2 aromatic carbocycles. The van der Waals surface area contributed by atoms with Crippen molar-refractivity contribution in [3.8, 4) is 34.7 Å². The number of carbonyl (C=O) groups excluding carboxylic acids is 1. The van der Waals surface area contributed by atoms with Crippen LogP contribution in [0.5, 0.6) is 0 Å². The first-order valence-corrected chi connectivity index (χ1v) is 15.9. The van der Waals surface area contributed by atoms with E-state index in [0.717, 1.165) is 57.9 Å². The van der Waals surface area contributed by atoms with Crippen molar-refractivity contribution in [1.29, 1.82) is 10.5 Å². The molecule has 6 rings (SSSR count). The standard InChI is InChI=1S/C18H19N3O2.C18H19N3OS/c1-4-18(5-2)14-10-12(6-8-15(14)20-17(22)23-18)16-9-7-13(11-19)21(16)3;1-4-18(5-2)14-10-12(6-8-15(14)20-17(23)22-18)16-9-7-13(11-19)21(16)3/h6-10H,4-5H2,1-3H3,(H,20,22);6-10H,4-5H2,1-3H3,(H,20,23). The van der Waals surface area contributed by atoms with Crippen LogP contribution in [-0.2, 0) is 34.8 Å². The van der Waals surface area contributed by atoms with Gasteiger partial charge in [0.05, 0.1) is 5.69 Å². The smallest absolute Gasteiger partial charge is 0.412 e. The number of anilines is 2. The topological polar surface area (TPSA) is 117 Å². The van der Waals surface area contributed by atoms with Crippen molar-refractivity contribution in [3.05, 3.63) is 83.2 Å². The fourth-order valence-corrected chi connectivity index (χ4v) is 6.76. The van der Waals surface area contributed by atoms with E-state index in [4.69, 9.17) is 32.2 Å². The Labute approximate surface area is 275 Å². The van der Waals surface area contributed by atoms with Crippen LogP contribution in [0.15, 0.2) is 60.7 Å². The van der Waals surface area contributed by atoms with E-state index in [9.17, 15) is 4.79 Å². The average Bonchev–Trinajstić information content (AvgIpc) is 3.64. The number of rotatable bonds is 6. The van der Waals surface area contributed by atoms with Gasteiger partial charge in [-0.3, -0.25) is 5.32 Å². The third-order valence-electron chi connectivity index (χ3n) is 9.42. The summed E-state index contributed by atoms with van der Waals surface area (Å²) < 4.78 is 15.4. The molecule has 46 heavy (non-hydrogen) atoms. The van der Waals surface area contributed by atoms with Crippen LogP contribution in [0, 0.1) is 22.7 Å². The van der Waals surface area contributed by atoms with Gasteiger partial charge >= 0.3 is 6.09 Å². The molecule has 0 spiro atoms. The molecule has 236 valence electrons. The van der Waals surface area contributed by atoms with E-state index in [1.165, 1.54) is 0 Å². The highest BCUT2D eigenvalue weighted by Gasteiger charge is 2.40. The Morgan fingerprint density at radius 2 is 1.13 bits per heavy atom. The minimum Gasteiger partial charge on any atom is -0.459 e. The fourth-order valence-electron chi connectivity index (χ4n) is 6.49. The maximum Gasteiger partial charge on any atom is 0.412 e. The third kappa shape index (κ3) is 5.50. The minimum absolute atomic E-state index is 0.392. The first kappa shape index (κ1) is 32.3. The maximum atomic E-state index is 11.8. The molecule has 0 fully saturated rings. The summed E-state index contributed by atoms with van der Waals surface area (Å²) in [5.74, 6) is 0. The lowest BCUT2D eigenvalue weighted by atomic mass is 9.85. The number of hydrogen-bond donors (Lipinski definition) is 2. The summed E-state index contributed by atoms with van der Waals surface area (Å²) in [6.07, 6.45) is 2.71. The van der Waals surface area contributed by atoms with Crippen molar-refractivity contribution < 1.29 is 14.3 Å². The van der Waals surface area contributed by atoms with Crippen LogP contribution < -0.4 is 10.6 Å². The highest BCUT2D eigenvalue weighted by Crippen LogP contribution is 2.44. The van der Waals surface area contributed by atoms with Crippen LogP contribution in [0.4, 0.5) is 16.2 Å². The van der Waals surface area contributed by atoms with E-state index in [-0.39, 0.29) is 0 Å². The van der Waals surface area contributed by atoms with Crippen LogP contribution in [-0.4, -0.2) is 20.4 Å². The Hall–Kier alpha value is -5.06. The van der Waals surface area contributed by atoms with Gasteiger partial charge in [-0.05, 0) is 97.6 Å². The van der Waals surface area contributed by atoms with E-state index in [2.05, 4.69) is 48.8 Å². The lowest BCUT2D eigenvalue weighted by Crippen LogP contribution is -2.38. The van der Waals surface area contributed by atoms with Crippen molar-refractivity contribution in [1.82, 2.24) is 9.13 Å². The number of nitrogens with zero attached hydrogens (tertiary/aromatic N) is 4. The normalized spacial score (nSPS) is 15.3. The second kappa shape index (κ2) is 12.7. The molecule has 9 nitrogen and oxygen atoms in total. The van der Waals surface area contributed by atoms with Gasteiger partial charge in [-0.15, -0.1) is 0 Å². The number of carbonyl (C=O) groups is 1. The molecular weight excluding hydrogens is 597 g/mol. The predicted molar refractivity (Wildman–Crippen MR) is 183 cm³/mol. The SMILES string of the molecule is CCC1(CC)OC(=O)Nc2ccc(-c3ccc(C#N)n3C)cc21.CCC1(CC)OC(=S)Nc2ccc(-c3ccc(C#N)n3C)cc21. The zero-order chi connectivity index (χ0) is 33.2. The summed E-state index contributed by atoms with van der Waals surface area (Å²) in [6.45, 7) is 8.28. The van der Waals surface area contributed by atoms with Crippen molar-refractivity contribution in [3.63, 3.8) is 0 Å². The molecule has 0 saturated carbocycles. The summed E-state index contributed by atoms with van der Waals surface area (Å²) >= 11 is 5.26. The summed E-state index contributed by atoms with van der Waals surface area (Å²) in [7, 11) is 3.78. The van der Waals surface area contributed by atoms with Gasteiger partial charge in [-0.1, -0.05) is 39.8 Å². The number of cyclic esters (lactones) is 1. The van der Waals surface area contributed by atoms with E-state index < -0.39 is 17.3 Å². The van der Waals surface area contributed by atoms with Gasteiger partial charge in [-0.2, -0.15) is 10.5 Å². The van der Waals surface area contributed by atoms with E-state index in [0.29, 0.717) is 29.4 Å². The Morgan fingerprint density at radius 3 is 1.54 bits per heavy atom. The quantitative estimate of drug-likeness (QED) is 0.204. The minimum atomic E-state index is -0.600. The van der Waals surface area contributed by atoms with Crippen molar-refractivity contribution in [2.24, 2.45) is 14.1 Å². The van der Waals surface area contributed by atoms with Crippen LogP contribution >= 0.6 is 12.2 Å². The molecule has 0 unspecified atom stereocenters. The zero-order valence-electron chi connectivity index (χ0n) is 27.0. The molecule has 1 amide bonds. The number of thiocarbonyl (C=S) groups is 1. The molecule has 0 atom stereocenters. The summed E-state index contributed by atoms with van der Waals surface area (Å²) in [5.41, 5.74) is 8.20. The number of amides is 1. The summed E-state index contributed by atoms with van der Waals surface area (Å²) in [6, 6.07) is 24.1. The molecule has 2 N–H and O–H groups in total. The number of hydrogen-bond acceptors (Lipinski definition) is 6. The third-order valence-corrected chi connectivity index (χ3v) is 9.60. The lowest BCUT2D eigenvalue weighted by molar-refractivity contribution is 0.00475. The van der Waals surface area contributed by atoms with Gasteiger partial charge in [0.2, 0.25) is 0 Å². The Bertz CT molecular complexity index is 1760. The average molecular weight is 635 g/mol. The van der Waals surface area contributed by atoms with Gasteiger partial charge in [0.25, 0.3) is 5.17 Å². The Morgan fingerprint density at radius 1 is 0.696 bits per heavy atom. The van der Waals surface area contributed by atoms with Gasteiger partial charge in [0.15, 0.2) is 0 Å². The molecule has 2 aromatic heterocycles. The molecule has 10 heteroatoms. The van der Waals surface area contributed by atoms with Crippen molar-refractivity contribution in [2.45, 2.75) is 64.6 Å². The van der Waals surface area contributed by atoms with Crippen molar-refractivity contribution in [2.75, 3.05) is 10.6 Å². The predicted octanol–water partition coefficient (Wildman–Crippen LogP) is 8.45. The summed E-state index contributed by atoms with van der Waals surface area (Å²) in [5, 5.41) is 24.6. The zero-order valence-corrected chi connectivity index (χ0v) is 27.8. The maximum absolute atomic E-state index is 11.8. The molecule has 2 aliphatic rings. The number of nitrogens with one attached hydrogen (secondary N) is 2. The first-order chi connectivity index (χ1) is 22.1. The van der Waals surface area contributed by atoms with Crippen LogP contribution in [0.2, 0.25) is 0 Å². The highest BCUT2D eigenvalue weighted by molar-refractivity contribution is 7.80. The Balaban J connectivity index is 0.000000181. The van der Waals surface area contributed by atoms with Crippen molar-refractivity contribution >= 4 is 34.9 Å². The van der Waals surface area contributed by atoms with E-state index >= 15 is 0 Å². The van der Waals surface area contributed by atoms with Gasteiger partial charge in [0, 0.05) is 42.3 Å². The lowest BCUT2D eigenvalue weighted by Gasteiger charge is -2.39. The fraction of sp³-hybridized carbons (Fsp3) is 0.333. The molecular formula is C36H38N6O3S. The van der Waals surface area contributed by atoms with Crippen LogP contribution in [0.25, 0.3) is 22.5 Å². The largest absolute Gasteiger partial charge is 0.459 e. The van der Waals surface area contributed by atoms with Gasteiger partial charge < -0.3 is 23.9 Å². The molecule has 2 aliphatic heterocycles. The number of fused-ring (bicyclic) bond motifs is 2. The van der Waals surface area contributed by atoms with Crippen LogP contribution in [0.1, 0.15) is 75.9 Å². The highest BCUT2D eigenvalue weighted by atomic mass is 32.1. The van der Waals surface area contributed by atoms with Crippen LogP contribution in [0.3, 0.4) is 0 Å². The Kier molecular flexibility index (Phi) is 8.96. The number of aromatic nitrogens is 2. The van der Waals surface area contributed by atoms with E-state index in [1.807, 2.05) is 79.5 Å². The molecule has 4 aromatic rings. The second-order valence-electron chi connectivity index (χ2n) is 11.5. The second-order valence-corrected chi connectivity index (χ2v) is 11.9. The van der Waals surface area contributed by atoms with Gasteiger partial charge in [0.1, 0.15) is 34.7 Å². The first-order valence-electron chi connectivity index (χ1n) is 15.5. The monoisotopic (exact) mass is 634 g/mol. The molecule has 0 saturated heterocycles. The molecule has 0 aliphatic carbocycles. The summed E-state index contributed by atoms with van der Waals surface area (Å²) in [4.78, 5) is 11.8. The number of benzene rings is 2.